The fourth-order valence-electron chi connectivity index (χ4n) is 2.87. The van der Waals surface area contributed by atoms with Crippen LogP contribution in [0.4, 0.5) is 5.69 Å². The summed E-state index contributed by atoms with van der Waals surface area (Å²) < 4.78 is 5.16. The van der Waals surface area contributed by atoms with Crippen molar-refractivity contribution >= 4 is 40.7 Å². The normalized spacial score (nSPS) is 16.3. The topological polar surface area (TPSA) is 65.8 Å². The maximum atomic E-state index is 12.5. The lowest BCUT2D eigenvalue weighted by molar-refractivity contribution is -0.121. The van der Waals surface area contributed by atoms with Crippen LogP contribution in [0, 0.1) is 0 Å². The first-order chi connectivity index (χ1) is 12.5. The summed E-state index contributed by atoms with van der Waals surface area (Å²) in [7, 11) is 0. The highest BCUT2D eigenvalue weighted by molar-refractivity contribution is 6.44. The van der Waals surface area contributed by atoms with E-state index in [1.807, 2.05) is 11.8 Å². The van der Waals surface area contributed by atoms with E-state index in [-0.39, 0.29) is 17.9 Å². The monoisotopic (exact) mass is 395 g/mol. The molecule has 0 aliphatic carbocycles. The molecule has 2 heterocycles. The SMILES string of the molecule is CC(C(=O)Nc1cccc(Cl)c1Cl)N1CCN(C(=O)c2ccco2)CC1. The zero-order chi connectivity index (χ0) is 18.7. The third kappa shape index (κ3) is 4.03. The van der Waals surface area contributed by atoms with Crippen LogP contribution in [0.5, 0.6) is 0 Å². The van der Waals surface area contributed by atoms with E-state index in [2.05, 4.69) is 5.32 Å². The summed E-state index contributed by atoms with van der Waals surface area (Å²) >= 11 is 12.1. The number of amides is 2. The van der Waals surface area contributed by atoms with Crippen LogP contribution in [-0.4, -0.2) is 53.8 Å². The first-order valence-electron chi connectivity index (χ1n) is 8.29. The van der Waals surface area contributed by atoms with Crippen molar-refractivity contribution < 1.29 is 14.0 Å². The highest BCUT2D eigenvalue weighted by Crippen LogP contribution is 2.29. The minimum absolute atomic E-state index is 0.127. The summed E-state index contributed by atoms with van der Waals surface area (Å²) in [6.07, 6.45) is 1.48. The van der Waals surface area contributed by atoms with Gasteiger partial charge in [0, 0.05) is 26.2 Å². The van der Waals surface area contributed by atoms with E-state index in [0.29, 0.717) is 47.7 Å². The lowest BCUT2D eigenvalue weighted by Gasteiger charge is -2.37. The van der Waals surface area contributed by atoms with Crippen LogP contribution in [0.25, 0.3) is 0 Å². The second-order valence-electron chi connectivity index (χ2n) is 6.07. The number of anilines is 1. The van der Waals surface area contributed by atoms with E-state index in [9.17, 15) is 9.59 Å². The van der Waals surface area contributed by atoms with Crippen LogP contribution < -0.4 is 5.32 Å². The second kappa shape index (κ2) is 8.12. The van der Waals surface area contributed by atoms with E-state index < -0.39 is 0 Å². The Balaban J connectivity index is 1.56. The lowest BCUT2D eigenvalue weighted by atomic mass is 10.2. The molecular formula is C18H19Cl2N3O3. The number of rotatable bonds is 4. The molecule has 2 aromatic rings. The van der Waals surface area contributed by atoms with Crippen LogP contribution >= 0.6 is 23.2 Å². The van der Waals surface area contributed by atoms with Crippen LogP contribution in [0.15, 0.2) is 41.0 Å². The average Bonchev–Trinajstić information content (AvgIpc) is 3.19. The Labute approximate surface area is 161 Å². The number of carbonyl (C=O) groups is 2. The molecule has 0 radical (unpaired) electrons. The van der Waals surface area contributed by atoms with Gasteiger partial charge >= 0.3 is 0 Å². The fraction of sp³-hybridized carbons (Fsp3) is 0.333. The standard InChI is InChI=1S/C18H19Cl2N3O3/c1-12(17(24)21-14-5-2-4-13(19)16(14)20)22-7-9-23(10-8-22)18(25)15-6-3-11-26-15/h2-6,11-12H,7-10H2,1H3,(H,21,24). The van der Waals surface area contributed by atoms with Crippen molar-refractivity contribution in [3.05, 3.63) is 52.4 Å². The Bertz CT molecular complexity index is 787. The van der Waals surface area contributed by atoms with E-state index in [1.54, 1.807) is 35.2 Å². The molecule has 26 heavy (non-hydrogen) atoms. The summed E-state index contributed by atoms with van der Waals surface area (Å²) in [6.45, 7) is 4.11. The molecule has 0 saturated carbocycles. The Morgan fingerprint density at radius 2 is 1.85 bits per heavy atom. The van der Waals surface area contributed by atoms with Gasteiger partial charge in [-0.15, -0.1) is 0 Å². The van der Waals surface area contributed by atoms with Crippen LogP contribution in [0.1, 0.15) is 17.5 Å². The first-order valence-corrected chi connectivity index (χ1v) is 9.04. The molecule has 0 spiro atoms. The number of nitrogens with zero attached hydrogens (tertiary/aromatic N) is 2. The van der Waals surface area contributed by atoms with Gasteiger partial charge in [-0.1, -0.05) is 29.3 Å². The first kappa shape index (κ1) is 18.8. The minimum atomic E-state index is -0.356. The van der Waals surface area contributed by atoms with Crippen LogP contribution in [-0.2, 0) is 4.79 Å². The highest BCUT2D eigenvalue weighted by Gasteiger charge is 2.29. The molecule has 138 valence electrons. The van der Waals surface area contributed by atoms with Gasteiger partial charge in [-0.05, 0) is 31.2 Å². The molecule has 1 aliphatic heterocycles. The molecule has 0 bridgehead atoms. The maximum Gasteiger partial charge on any atom is 0.289 e. The molecule has 8 heteroatoms. The van der Waals surface area contributed by atoms with Gasteiger partial charge < -0.3 is 14.6 Å². The molecular weight excluding hydrogens is 377 g/mol. The van der Waals surface area contributed by atoms with Gasteiger partial charge in [-0.2, -0.15) is 0 Å². The quantitative estimate of drug-likeness (QED) is 0.861. The van der Waals surface area contributed by atoms with Gasteiger partial charge in [-0.25, -0.2) is 0 Å². The molecule has 2 amide bonds. The molecule has 6 nitrogen and oxygen atoms in total. The third-order valence-corrected chi connectivity index (χ3v) is 5.29. The van der Waals surface area contributed by atoms with Crippen LogP contribution in [0.2, 0.25) is 10.0 Å². The van der Waals surface area contributed by atoms with E-state index in [4.69, 9.17) is 27.6 Å². The summed E-state index contributed by atoms with van der Waals surface area (Å²) in [5.74, 6) is 0.0391. The Hall–Kier alpha value is -2.02. The minimum Gasteiger partial charge on any atom is -0.459 e. The molecule has 1 aromatic carbocycles. The molecule has 1 unspecified atom stereocenters. The number of hydrogen-bond donors (Lipinski definition) is 1. The highest BCUT2D eigenvalue weighted by atomic mass is 35.5. The number of halogens is 2. The Morgan fingerprint density at radius 1 is 1.12 bits per heavy atom. The van der Waals surface area contributed by atoms with Gasteiger partial charge in [0.25, 0.3) is 5.91 Å². The molecule has 1 aromatic heterocycles. The fourth-order valence-corrected chi connectivity index (χ4v) is 3.22. The van der Waals surface area contributed by atoms with Crippen molar-refractivity contribution in [1.82, 2.24) is 9.80 Å². The summed E-state index contributed by atoms with van der Waals surface area (Å²) in [4.78, 5) is 28.6. The predicted octanol–water partition coefficient (Wildman–Crippen LogP) is 3.37. The summed E-state index contributed by atoms with van der Waals surface area (Å²) in [5.41, 5.74) is 0.489. The van der Waals surface area contributed by atoms with E-state index >= 15 is 0 Å². The van der Waals surface area contributed by atoms with Crippen molar-refractivity contribution in [2.24, 2.45) is 0 Å². The molecule has 1 N–H and O–H groups in total. The largest absolute Gasteiger partial charge is 0.459 e. The zero-order valence-electron chi connectivity index (χ0n) is 14.2. The smallest absolute Gasteiger partial charge is 0.289 e. The Morgan fingerprint density at radius 3 is 2.50 bits per heavy atom. The number of furan rings is 1. The summed E-state index contributed by atoms with van der Waals surface area (Å²) in [6, 6.07) is 8.09. The van der Waals surface area contributed by atoms with Gasteiger partial charge in [0.1, 0.15) is 0 Å². The van der Waals surface area contributed by atoms with Crippen molar-refractivity contribution in [2.75, 3.05) is 31.5 Å². The van der Waals surface area contributed by atoms with Crippen molar-refractivity contribution in [1.29, 1.82) is 0 Å². The van der Waals surface area contributed by atoms with Gasteiger partial charge in [0.15, 0.2) is 5.76 Å². The third-order valence-electron chi connectivity index (χ3n) is 4.47. The lowest BCUT2D eigenvalue weighted by Crippen LogP contribution is -2.54. The van der Waals surface area contributed by atoms with Crippen molar-refractivity contribution in [3.63, 3.8) is 0 Å². The predicted molar refractivity (Wildman–Crippen MR) is 101 cm³/mol. The number of nitrogens with one attached hydrogen (secondary N) is 1. The van der Waals surface area contributed by atoms with Gasteiger partial charge in [-0.3, -0.25) is 14.5 Å². The number of piperazine rings is 1. The number of hydrogen-bond acceptors (Lipinski definition) is 4. The maximum absolute atomic E-state index is 12.5. The van der Waals surface area contributed by atoms with Gasteiger partial charge in [0.05, 0.1) is 28.0 Å². The van der Waals surface area contributed by atoms with Crippen molar-refractivity contribution in [3.8, 4) is 0 Å². The molecule has 1 fully saturated rings. The van der Waals surface area contributed by atoms with E-state index in [1.165, 1.54) is 6.26 Å². The summed E-state index contributed by atoms with van der Waals surface area (Å²) in [5, 5.41) is 3.53. The Kier molecular flexibility index (Phi) is 5.86. The second-order valence-corrected chi connectivity index (χ2v) is 6.86. The van der Waals surface area contributed by atoms with E-state index in [0.717, 1.165) is 0 Å². The molecule has 1 atom stereocenters. The average molecular weight is 396 g/mol. The number of benzene rings is 1. The molecule has 3 rings (SSSR count). The molecule has 1 aliphatic rings. The van der Waals surface area contributed by atoms with Crippen LogP contribution in [0.3, 0.4) is 0 Å². The zero-order valence-corrected chi connectivity index (χ0v) is 15.8. The number of carbonyl (C=O) groups excluding carboxylic acids is 2. The van der Waals surface area contributed by atoms with Crippen molar-refractivity contribution in [2.45, 2.75) is 13.0 Å². The van der Waals surface area contributed by atoms with Gasteiger partial charge in [0.2, 0.25) is 5.91 Å². The molecule has 1 saturated heterocycles.